The molecule has 0 spiro atoms. The van der Waals surface area contributed by atoms with Gasteiger partial charge in [-0.2, -0.15) is 9.13 Å². The van der Waals surface area contributed by atoms with Crippen LogP contribution in [0.15, 0.2) is 36.7 Å². The molecule has 0 radical (unpaired) electrons. The minimum Gasteiger partial charge on any atom is -0.176 e. The number of aryl methyl sites for hydroxylation is 2. The third-order valence-corrected chi connectivity index (χ3v) is 2.47. The van der Waals surface area contributed by atoms with Crippen molar-refractivity contribution in [3.05, 3.63) is 48.6 Å². The van der Waals surface area contributed by atoms with Crippen LogP contribution in [0.3, 0.4) is 0 Å². The van der Waals surface area contributed by atoms with Crippen LogP contribution in [0.25, 0.3) is 11.1 Å². The zero-order chi connectivity index (χ0) is 11.7. The van der Waals surface area contributed by atoms with Gasteiger partial charge in [-0.3, -0.25) is 0 Å². The first-order valence-electron chi connectivity index (χ1n) is 4.88. The van der Waals surface area contributed by atoms with Gasteiger partial charge in [-0.1, -0.05) is 0 Å². The third-order valence-electron chi connectivity index (χ3n) is 2.47. The molecule has 2 aromatic rings. The molecule has 0 aromatic carbocycles. The van der Waals surface area contributed by atoms with Gasteiger partial charge in [0.05, 0.1) is 11.1 Å². The van der Waals surface area contributed by atoms with Crippen LogP contribution in [-0.4, -0.2) is 0 Å². The number of halogens is 2. The molecule has 0 amide bonds. The molecule has 2 nitrogen and oxygen atoms in total. The highest BCUT2D eigenvalue weighted by atomic mass is 19.1. The van der Waals surface area contributed by atoms with E-state index in [0.29, 0.717) is 0 Å². The highest BCUT2D eigenvalue weighted by molar-refractivity contribution is 5.59. The fourth-order valence-corrected chi connectivity index (χ4v) is 1.52. The Kier molecular flexibility index (Phi) is 2.64. The smallest absolute Gasteiger partial charge is 0.176 e. The summed E-state index contributed by atoms with van der Waals surface area (Å²) in [5.41, 5.74) is 1.69. The van der Waals surface area contributed by atoms with Crippen LogP contribution in [0, 0.1) is 11.9 Å². The van der Waals surface area contributed by atoms with E-state index in [1.807, 2.05) is 0 Å². The Morgan fingerprint density at radius 2 is 1.12 bits per heavy atom. The van der Waals surface area contributed by atoms with Gasteiger partial charge in [-0.15, -0.1) is 8.78 Å². The maximum atomic E-state index is 13.1. The fraction of sp³-hybridized carbons (Fsp3) is 0.167. The average molecular weight is 222 g/mol. The lowest BCUT2D eigenvalue weighted by Crippen LogP contribution is -2.34. The topological polar surface area (TPSA) is 7.76 Å². The van der Waals surface area contributed by atoms with Crippen LogP contribution in [0.2, 0.25) is 0 Å². The maximum Gasteiger partial charge on any atom is 0.359 e. The van der Waals surface area contributed by atoms with Gasteiger partial charge in [0.15, 0.2) is 12.4 Å². The van der Waals surface area contributed by atoms with Gasteiger partial charge >= 0.3 is 11.9 Å². The molecule has 0 fully saturated rings. The zero-order valence-corrected chi connectivity index (χ0v) is 9.11. The SMILES string of the molecule is C[n+]1cc(-c2ccc(F)[n+](C)c2)ccc1F. The zero-order valence-electron chi connectivity index (χ0n) is 9.11. The van der Waals surface area contributed by atoms with Crippen molar-refractivity contribution in [2.45, 2.75) is 0 Å². The number of rotatable bonds is 1. The molecule has 0 unspecified atom stereocenters. The van der Waals surface area contributed by atoms with E-state index in [9.17, 15) is 8.78 Å². The van der Waals surface area contributed by atoms with Crippen molar-refractivity contribution in [1.29, 1.82) is 0 Å². The number of hydrogen-bond acceptors (Lipinski definition) is 0. The van der Waals surface area contributed by atoms with Crippen LogP contribution >= 0.6 is 0 Å². The molecule has 2 aromatic heterocycles. The predicted molar refractivity (Wildman–Crippen MR) is 54.1 cm³/mol. The first-order chi connectivity index (χ1) is 7.58. The summed E-state index contributed by atoms with van der Waals surface area (Å²) in [5.74, 6) is -0.620. The maximum absolute atomic E-state index is 13.1. The summed E-state index contributed by atoms with van der Waals surface area (Å²) in [6, 6.07) is 6.11. The van der Waals surface area contributed by atoms with Crippen LogP contribution in [0.4, 0.5) is 8.78 Å². The molecule has 16 heavy (non-hydrogen) atoms. The molecule has 0 aliphatic carbocycles. The minimum absolute atomic E-state index is 0.310. The molecule has 0 bridgehead atoms. The molecule has 0 aliphatic rings. The van der Waals surface area contributed by atoms with Gasteiger partial charge < -0.3 is 0 Å². The molecule has 0 aliphatic heterocycles. The monoisotopic (exact) mass is 222 g/mol. The van der Waals surface area contributed by atoms with Crippen molar-refractivity contribution < 1.29 is 17.9 Å². The molecule has 0 saturated carbocycles. The van der Waals surface area contributed by atoms with E-state index in [1.165, 1.54) is 21.3 Å². The van der Waals surface area contributed by atoms with Gasteiger partial charge in [0.25, 0.3) is 0 Å². The van der Waals surface area contributed by atoms with E-state index < -0.39 is 0 Å². The molecule has 2 rings (SSSR count). The summed E-state index contributed by atoms with van der Waals surface area (Å²) < 4.78 is 28.9. The van der Waals surface area contributed by atoms with Gasteiger partial charge in [-0.25, -0.2) is 0 Å². The molecule has 0 saturated heterocycles. The number of nitrogens with zero attached hydrogens (tertiary/aromatic N) is 2. The lowest BCUT2D eigenvalue weighted by molar-refractivity contribution is -0.701. The quantitative estimate of drug-likeness (QED) is 0.507. The predicted octanol–water partition coefficient (Wildman–Crippen LogP) is 1.28. The molecular weight excluding hydrogens is 210 g/mol. The van der Waals surface area contributed by atoms with Crippen LogP contribution < -0.4 is 9.13 Å². The van der Waals surface area contributed by atoms with Crippen molar-refractivity contribution in [1.82, 2.24) is 0 Å². The van der Waals surface area contributed by atoms with E-state index in [-0.39, 0.29) is 11.9 Å². The van der Waals surface area contributed by atoms with Crippen molar-refractivity contribution in [2.24, 2.45) is 14.1 Å². The van der Waals surface area contributed by atoms with E-state index in [2.05, 4.69) is 0 Å². The van der Waals surface area contributed by atoms with Crippen LogP contribution in [-0.2, 0) is 14.1 Å². The Hall–Kier alpha value is -1.84. The highest BCUT2D eigenvalue weighted by Gasteiger charge is 2.12. The summed E-state index contributed by atoms with van der Waals surface area (Å²) in [6.07, 6.45) is 3.34. The molecular formula is C12H12F2N2+2. The van der Waals surface area contributed by atoms with Gasteiger partial charge in [0, 0.05) is 12.1 Å². The summed E-state index contributed by atoms with van der Waals surface area (Å²) in [4.78, 5) is 0. The van der Waals surface area contributed by atoms with Crippen molar-refractivity contribution in [3.8, 4) is 11.1 Å². The van der Waals surface area contributed by atoms with E-state index in [0.717, 1.165) is 11.1 Å². The summed E-state index contributed by atoms with van der Waals surface area (Å²) >= 11 is 0. The van der Waals surface area contributed by atoms with E-state index >= 15 is 0 Å². The molecule has 4 heteroatoms. The largest absolute Gasteiger partial charge is 0.359 e. The summed E-state index contributed by atoms with van der Waals surface area (Å²) in [5, 5.41) is 0. The Morgan fingerprint density at radius 3 is 1.44 bits per heavy atom. The minimum atomic E-state index is -0.310. The molecule has 0 N–H and O–H groups in total. The second-order valence-corrected chi connectivity index (χ2v) is 3.70. The fourth-order valence-electron chi connectivity index (χ4n) is 1.52. The van der Waals surface area contributed by atoms with Crippen molar-refractivity contribution in [3.63, 3.8) is 0 Å². The van der Waals surface area contributed by atoms with Crippen LogP contribution in [0.5, 0.6) is 0 Å². The molecule has 82 valence electrons. The van der Waals surface area contributed by atoms with E-state index in [1.54, 1.807) is 38.6 Å². The lowest BCUT2D eigenvalue weighted by Gasteiger charge is -1.98. The first-order valence-corrected chi connectivity index (χ1v) is 4.88. The second-order valence-electron chi connectivity index (χ2n) is 3.70. The number of hydrogen-bond donors (Lipinski definition) is 0. The standard InChI is InChI=1S/C12H12F2N2/c1-15-7-9(3-5-11(15)13)10-4-6-12(14)16(2)8-10/h3-8H,1-2H3/q+2. The highest BCUT2D eigenvalue weighted by Crippen LogP contribution is 2.15. The Balaban J connectivity index is 2.50. The van der Waals surface area contributed by atoms with Crippen LogP contribution in [0.1, 0.15) is 0 Å². The van der Waals surface area contributed by atoms with Gasteiger partial charge in [0.1, 0.15) is 14.1 Å². The second kappa shape index (κ2) is 3.96. The van der Waals surface area contributed by atoms with E-state index in [4.69, 9.17) is 0 Å². The normalized spacial score (nSPS) is 10.5. The summed E-state index contributed by atoms with van der Waals surface area (Å²) in [6.45, 7) is 0. The first kappa shape index (κ1) is 10.7. The Bertz CT molecular complexity index is 489. The number of aromatic nitrogens is 2. The van der Waals surface area contributed by atoms with Gasteiger partial charge in [0.2, 0.25) is 0 Å². The molecule has 2 heterocycles. The van der Waals surface area contributed by atoms with Crippen molar-refractivity contribution in [2.75, 3.05) is 0 Å². The number of pyridine rings is 2. The van der Waals surface area contributed by atoms with Crippen molar-refractivity contribution >= 4 is 0 Å². The lowest BCUT2D eigenvalue weighted by atomic mass is 10.1. The Morgan fingerprint density at radius 1 is 0.750 bits per heavy atom. The van der Waals surface area contributed by atoms with Gasteiger partial charge in [-0.05, 0) is 12.1 Å². The molecule has 0 atom stereocenters. The average Bonchev–Trinajstić information content (AvgIpc) is 2.26. The summed E-state index contributed by atoms with van der Waals surface area (Å²) in [7, 11) is 3.25. The Labute approximate surface area is 92.4 Å². The third kappa shape index (κ3) is 1.91.